The molecule has 0 spiro atoms. The van der Waals surface area contributed by atoms with Gasteiger partial charge in [-0.25, -0.2) is 4.98 Å². The van der Waals surface area contributed by atoms with Crippen LogP contribution in [0.4, 0.5) is 0 Å². The van der Waals surface area contributed by atoms with Gasteiger partial charge in [0.15, 0.2) is 0 Å². The molecule has 0 radical (unpaired) electrons. The Balaban J connectivity index is 2.66. The van der Waals surface area contributed by atoms with Crippen LogP contribution in [-0.2, 0) is 0 Å². The summed E-state index contributed by atoms with van der Waals surface area (Å²) >= 11 is 3.47. The molecule has 0 aliphatic heterocycles. The van der Waals surface area contributed by atoms with Crippen LogP contribution in [0.15, 0.2) is 47.5 Å². The lowest BCUT2D eigenvalue weighted by atomic mass is 10.1. The highest BCUT2D eigenvalue weighted by Gasteiger charge is 2.09. The topological polar surface area (TPSA) is 38.9 Å². The molecule has 0 saturated heterocycles. The summed E-state index contributed by atoms with van der Waals surface area (Å²) in [6, 6.07) is 9.75. The van der Waals surface area contributed by atoms with Gasteiger partial charge in [0.25, 0.3) is 0 Å². The first-order chi connectivity index (χ1) is 7.22. The first-order valence-corrected chi connectivity index (χ1v) is 5.45. The normalized spacial score (nSPS) is 12.7. The summed E-state index contributed by atoms with van der Waals surface area (Å²) in [7, 11) is 0. The van der Waals surface area contributed by atoms with Crippen LogP contribution in [0.5, 0.6) is 0 Å². The van der Waals surface area contributed by atoms with Crippen molar-refractivity contribution in [3.05, 3.63) is 53.2 Å². The van der Waals surface area contributed by atoms with Gasteiger partial charge < -0.3 is 5.73 Å². The van der Waals surface area contributed by atoms with Gasteiger partial charge in [0.2, 0.25) is 0 Å². The number of benzene rings is 1. The number of para-hydroxylation sites is 1. The summed E-state index contributed by atoms with van der Waals surface area (Å²) in [5.74, 6) is 0. The third-order valence-corrected chi connectivity index (χ3v) is 2.91. The minimum absolute atomic E-state index is 0.232. The van der Waals surface area contributed by atoms with Crippen molar-refractivity contribution in [3.8, 4) is 0 Å². The summed E-state index contributed by atoms with van der Waals surface area (Å²) in [5.41, 5.74) is 7.65. The second-order valence-electron chi connectivity index (χ2n) is 3.31. The van der Waals surface area contributed by atoms with Crippen molar-refractivity contribution in [1.29, 1.82) is 0 Å². The van der Waals surface area contributed by atoms with Crippen LogP contribution >= 0.6 is 15.9 Å². The Hall–Kier alpha value is -1.19. The number of hydrogen-bond donors (Lipinski definition) is 1. The summed E-state index contributed by atoms with van der Waals surface area (Å²) in [6.45, 7) is 3.67. The SMILES string of the molecule is C=CC(N)c1nc2ccccc2cc1Br. The van der Waals surface area contributed by atoms with E-state index in [4.69, 9.17) is 5.73 Å². The predicted molar refractivity (Wildman–Crippen MR) is 66.6 cm³/mol. The van der Waals surface area contributed by atoms with Crippen LogP contribution < -0.4 is 5.73 Å². The van der Waals surface area contributed by atoms with E-state index in [-0.39, 0.29) is 6.04 Å². The minimum atomic E-state index is -0.232. The summed E-state index contributed by atoms with van der Waals surface area (Å²) in [4.78, 5) is 4.50. The van der Waals surface area contributed by atoms with Crippen LogP contribution in [0.3, 0.4) is 0 Å². The van der Waals surface area contributed by atoms with Crippen LogP contribution in [0.25, 0.3) is 10.9 Å². The fraction of sp³-hybridized carbons (Fsp3) is 0.0833. The number of rotatable bonds is 2. The van der Waals surface area contributed by atoms with Gasteiger partial charge in [-0.15, -0.1) is 6.58 Å². The molecule has 15 heavy (non-hydrogen) atoms. The van der Waals surface area contributed by atoms with Crippen molar-refractivity contribution in [1.82, 2.24) is 4.98 Å². The second-order valence-corrected chi connectivity index (χ2v) is 4.16. The average Bonchev–Trinajstić information content (AvgIpc) is 2.27. The lowest BCUT2D eigenvalue weighted by Gasteiger charge is -2.09. The Kier molecular flexibility index (Phi) is 2.84. The molecule has 0 amide bonds. The van der Waals surface area contributed by atoms with E-state index in [1.807, 2.05) is 30.3 Å². The van der Waals surface area contributed by atoms with Gasteiger partial charge in [-0.1, -0.05) is 24.3 Å². The molecule has 0 bridgehead atoms. The molecule has 1 aromatic carbocycles. The van der Waals surface area contributed by atoms with Gasteiger partial charge in [-0.2, -0.15) is 0 Å². The molecule has 3 heteroatoms. The summed E-state index contributed by atoms with van der Waals surface area (Å²) < 4.78 is 0.925. The van der Waals surface area contributed by atoms with Crippen LogP contribution in [0.2, 0.25) is 0 Å². The van der Waals surface area contributed by atoms with Gasteiger partial charge in [-0.05, 0) is 28.1 Å². The molecule has 0 fully saturated rings. The smallest absolute Gasteiger partial charge is 0.0759 e. The van der Waals surface area contributed by atoms with Gasteiger partial charge >= 0.3 is 0 Å². The average molecular weight is 263 g/mol. The van der Waals surface area contributed by atoms with Gasteiger partial charge in [0.05, 0.1) is 17.3 Å². The Labute approximate surface area is 96.9 Å². The van der Waals surface area contributed by atoms with Crippen molar-refractivity contribution in [3.63, 3.8) is 0 Å². The number of pyridine rings is 1. The number of hydrogen-bond acceptors (Lipinski definition) is 2. The molecule has 2 rings (SSSR count). The largest absolute Gasteiger partial charge is 0.319 e. The Morgan fingerprint density at radius 2 is 2.13 bits per heavy atom. The second kappa shape index (κ2) is 4.13. The fourth-order valence-corrected chi connectivity index (χ4v) is 2.05. The third kappa shape index (κ3) is 1.94. The Morgan fingerprint density at radius 1 is 1.40 bits per heavy atom. The molecule has 0 aliphatic carbocycles. The van der Waals surface area contributed by atoms with E-state index in [0.29, 0.717) is 0 Å². The molecule has 2 N–H and O–H groups in total. The molecule has 1 heterocycles. The quantitative estimate of drug-likeness (QED) is 0.845. The standard InChI is InChI=1S/C12H11BrN2/c1-2-10(14)12-9(13)7-8-5-3-4-6-11(8)15-12/h2-7,10H,1,14H2. The van der Waals surface area contributed by atoms with Crippen molar-refractivity contribution in [2.45, 2.75) is 6.04 Å². The zero-order valence-electron chi connectivity index (χ0n) is 8.15. The third-order valence-electron chi connectivity index (χ3n) is 2.27. The molecule has 0 saturated carbocycles. The van der Waals surface area contributed by atoms with Crippen LogP contribution in [-0.4, -0.2) is 4.98 Å². The molecule has 0 aliphatic rings. The van der Waals surface area contributed by atoms with Crippen molar-refractivity contribution in [2.75, 3.05) is 0 Å². The molecule has 2 nitrogen and oxygen atoms in total. The van der Waals surface area contributed by atoms with Crippen LogP contribution in [0.1, 0.15) is 11.7 Å². The van der Waals surface area contributed by atoms with Crippen LogP contribution in [0, 0.1) is 0 Å². The van der Waals surface area contributed by atoms with E-state index in [0.717, 1.165) is 21.1 Å². The highest BCUT2D eigenvalue weighted by molar-refractivity contribution is 9.10. The molecule has 1 aromatic heterocycles. The predicted octanol–water partition coefficient (Wildman–Crippen LogP) is 3.18. The number of fused-ring (bicyclic) bond motifs is 1. The molecule has 1 unspecified atom stereocenters. The van der Waals surface area contributed by atoms with Gasteiger partial charge in [0, 0.05) is 9.86 Å². The van der Waals surface area contributed by atoms with E-state index in [2.05, 4.69) is 27.5 Å². The van der Waals surface area contributed by atoms with E-state index in [9.17, 15) is 0 Å². The fourth-order valence-electron chi connectivity index (χ4n) is 1.45. The molecule has 2 aromatic rings. The number of halogens is 1. The minimum Gasteiger partial charge on any atom is -0.319 e. The van der Waals surface area contributed by atoms with Crippen molar-refractivity contribution < 1.29 is 0 Å². The zero-order valence-corrected chi connectivity index (χ0v) is 9.74. The highest BCUT2D eigenvalue weighted by Crippen LogP contribution is 2.25. The first kappa shape index (κ1) is 10.3. The number of aromatic nitrogens is 1. The van der Waals surface area contributed by atoms with Gasteiger partial charge in [-0.3, -0.25) is 0 Å². The summed E-state index contributed by atoms with van der Waals surface area (Å²) in [6.07, 6.45) is 1.68. The molecular weight excluding hydrogens is 252 g/mol. The lowest BCUT2D eigenvalue weighted by molar-refractivity contribution is 0.865. The first-order valence-electron chi connectivity index (χ1n) is 4.65. The van der Waals surface area contributed by atoms with E-state index < -0.39 is 0 Å². The number of nitrogens with two attached hydrogens (primary N) is 1. The maximum Gasteiger partial charge on any atom is 0.0759 e. The molecule has 76 valence electrons. The van der Waals surface area contributed by atoms with E-state index >= 15 is 0 Å². The van der Waals surface area contributed by atoms with E-state index in [1.54, 1.807) is 6.08 Å². The maximum absolute atomic E-state index is 5.88. The molecular formula is C12H11BrN2. The Morgan fingerprint density at radius 3 is 2.87 bits per heavy atom. The lowest BCUT2D eigenvalue weighted by Crippen LogP contribution is -2.09. The molecule has 1 atom stereocenters. The number of nitrogens with zero attached hydrogens (tertiary/aromatic N) is 1. The maximum atomic E-state index is 5.88. The zero-order chi connectivity index (χ0) is 10.8. The van der Waals surface area contributed by atoms with Crippen molar-refractivity contribution >= 4 is 26.8 Å². The highest BCUT2D eigenvalue weighted by atomic mass is 79.9. The van der Waals surface area contributed by atoms with E-state index in [1.165, 1.54) is 0 Å². The summed E-state index contributed by atoms with van der Waals surface area (Å²) in [5, 5.41) is 1.10. The monoisotopic (exact) mass is 262 g/mol. The van der Waals surface area contributed by atoms with Gasteiger partial charge in [0.1, 0.15) is 0 Å². The van der Waals surface area contributed by atoms with Crippen molar-refractivity contribution in [2.24, 2.45) is 5.73 Å². The Bertz CT molecular complexity index is 508.